The first kappa shape index (κ1) is 55.8. The summed E-state index contributed by atoms with van der Waals surface area (Å²) in [5.74, 6) is -1.06. The molecule has 2 aromatic heterocycles. The van der Waals surface area contributed by atoms with Gasteiger partial charge in [-0.05, 0) is 52.1 Å². The number of benzene rings is 7. The molecule has 0 saturated carbocycles. The Bertz CT molecular complexity index is 3680. The van der Waals surface area contributed by atoms with Crippen LogP contribution in [0.4, 0.5) is 15.6 Å². The lowest BCUT2D eigenvalue weighted by molar-refractivity contribution is -0.686. The number of nitrogens with two attached hydrogens (primary N) is 1. The minimum Gasteiger partial charge on any atom is -0.497 e. The second kappa shape index (κ2) is 25.4. The molecule has 4 amide bonds. The molecule has 1 saturated heterocycles. The average molecular weight is 1150 g/mol. The molecule has 7 aromatic carbocycles. The van der Waals surface area contributed by atoms with Crippen molar-refractivity contribution in [2.24, 2.45) is 10.9 Å². The zero-order valence-electron chi connectivity index (χ0n) is 45.5. The molecule has 0 spiro atoms. The largest absolute Gasteiger partial charge is 0.497 e. The van der Waals surface area contributed by atoms with Crippen LogP contribution in [-0.2, 0) is 48.2 Å². The van der Waals surface area contributed by atoms with Crippen LogP contribution in [0.1, 0.15) is 44.6 Å². The van der Waals surface area contributed by atoms with Gasteiger partial charge in [0.15, 0.2) is 29.8 Å². The summed E-state index contributed by atoms with van der Waals surface area (Å²) >= 11 is 2.68. The van der Waals surface area contributed by atoms with E-state index in [1.165, 1.54) is 28.0 Å². The normalized spacial score (nSPS) is 15.1. The monoisotopic (exact) mass is 1150 g/mol. The van der Waals surface area contributed by atoms with E-state index >= 15 is 4.79 Å². The molecule has 2 atom stereocenters. The Morgan fingerprint density at radius 1 is 0.726 bits per heavy atom. The quantitative estimate of drug-likeness (QED) is 0.0135. The summed E-state index contributed by atoms with van der Waals surface area (Å²) in [5.41, 5.74) is 9.86. The number of methoxy groups -OCH3 is 1. The fraction of sp³-hybridized carbons (Fsp3) is 0.119. The molecule has 5 N–H and O–H groups in total. The fourth-order valence-corrected chi connectivity index (χ4v) is 12.5. The number of nitrogens with zero attached hydrogens (tertiary/aromatic N) is 4. The van der Waals surface area contributed by atoms with Gasteiger partial charge < -0.3 is 36.0 Å². The zero-order valence-corrected chi connectivity index (χ0v) is 47.1. The van der Waals surface area contributed by atoms with Crippen molar-refractivity contribution in [2.45, 2.75) is 35.7 Å². The Kier molecular flexibility index (Phi) is 16.8. The number of pyridine rings is 1. The summed E-state index contributed by atoms with van der Waals surface area (Å²) in [6, 6.07) is 68.2. The number of thioether (sulfide) groups is 1. The molecule has 15 nitrogen and oxygen atoms in total. The van der Waals surface area contributed by atoms with E-state index in [9.17, 15) is 14.4 Å². The smallest absolute Gasteiger partial charge is 0.355 e. The number of urea groups is 1. The maximum absolute atomic E-state index is 15.5. The maximum Gasteiger partial charge on any atom is 0.355 e. The standard InChI is InChI=1S/C67H56N8O7S2/c1-80-55-38-36-46(37-39-55)43-81-63(78)59-47(22-20-40-74-41-21-35-54(42-74)69-64(68)79)44-83-62-58(61(77)75(59)62)71-60(76)57(73-82-67(51-29-14-5-15-30-51,52-31-16-6-17-32-52)53-33-18-7-19-34-53)56-45-84-65(70-56)72-66(48-23-8-2-9-24-48,49-25-10-3-11-26-49)50-27-12-4-13-28-50/h2-39,41-42,45,58,62H,40,43-44H2,1H3,(H4-,68,69,70,71,72,76,79)/p+1/b22-20+,73-57?/t58-,62+/m1/s1. The minimum absolute atomic E-state index is 0.0534. The van der Waals surface area contributed by atoms with Gasteiger partial charge in [0, 0.05) is 33.9 Å². The Labute approximate surface area is 494 Å². The van der Waals surface area contributed by atoms with Crippen LogP contribution in [0.2, 0.25) is 0 Å². The first-order valence-corrected chi connectivity index (χ1v) is 28.9. The van der Waals surface area contributed by atoms with Crippen molar-refractivity contribution in [3.05, 3.63) is 304 Å². The van der Waals surface area contributed by atoms with Crippen molar-refractivity contribution in [1.82, 2.24) is 15.2 Å². The van der Waals surface area contributed by atoms with Crippen molar-refractivity contribution < 1.29 is 38.1 Å². The summed E-state index contributed by atoms with van der Waals surface area (Å²) in [6.45, 7) is 0.263. The van der Waals surface area contributed by atoms with Gasteiger partial charge in [-0.1, -0.05) is 205 Å². The number of anilines is 2. The molecule has 9 aromatic rings. The van der Waals surface area contributed by atoms with Crippen LogP contribution in [0.5, 0.6) is 5.75 Å². The summed E-state index contributed by atoms with van der Waals surface area (Å²) < 4.78 is 13.1. The van der Waals surface area contributed by atoms with E-state index in [0.717, 1.165) is 33.4 Å². The zero-order chi connectivity index (χ0) is 57.9. The van der Waals surface area contributed by atoms with Crippen molar-refractivity contribution in [3.8, 4) is 5.75 Å². The van der Waals surface area contributed by atoms with Crippen LogP contribution in [-0.4, -0.2) is 63.7 Å². The van der Waals surface area contributed by atoms with Gasteiger partial charge in [-0.3, -0.25) is 14.5 Å². The lowest BCUT2D eigenvalue weighted by atomic mass is 9.77. The molecule has 418 valence electrons. The number of aromatic nitrogens is 2. The summed E-state index contributed by atoms with van der Waals surface area (Å²) in [6.07, 6.45) is 7.16. The molecule has 2 aliphatic heterocycles. The van der Waals surface area contributed by atoms with Crippen molar-refractivity contribution >= 4 is 63.4 Å². The second-order valence-electron chi connectivity index (χ2n) is 19.7. The topological polar surface area (TPSA) is 190 Å². The Morgan fingerprint density at radius 3 is 1.79 bits per heavy atom. The lowest BCUT2D eigenvalue weighted by Gasteiger charge is -2.49. The number of hydrogen-bond donors (Lipinski definition) is 4. The number of β-lactam (4-membered cyclic amide) rings is 1. The molecular weight excluding hydrogens is 1090 g/mol. The molecule has 4 heterocycles. The number of rotatable bonds is 21. The number of oxime groups is 1. The number of fused-ring (bicyclic) bond motifs is 1. The summed E-state index contributed by atoms with van der Waals surface area (Å²) in [5, 5.41) is 15.8. The van der Waals surface area contributed by atoms with Crippen LogP contribution < -0.4 is 31.0 Å². The van der Waals surface area contributed by atoms with E-state index in [1.807, 2.05) is 162 Å². The highest BCUT2D eigenvalue weighted by Gasteiger charge is 2.55. The van der Waals surface area contributed by atoms with Gasteiger partial charge >= 0.3 is 12.0 Å². The van der Waals surface area contributed by atoms with Crippen molar-refractivity contribution in [1.29, 1.82) is 0 Å². The van der Waals surface area contributed by atoms with Crippen LogP contribution in [0.15, 0.2) is 265 Å². The highest BCUT2D eigenvalue weighted by Crippen LogP contribution is 2.44. The number of thiazole rings is 1. The minimum atomic E-state index is -1.39. The van der Waals surface area contributed by atoms with Crippen LogP contribution in [0.25, 0.3) is 0 Å². The Morgan fingerprint density at radius 2 is 1.26 bits per heavy atom. The highest BCUT2D eigenvalue weighted by molar-refractivity contribution is 8.00. The molecule has 11 rings (SSSR count). The summed E-state index contributed by atoms with van der Waals surface area (Å²) in [4.78, 5) is 69.9. The molecule has 17 heteroatoms. The number of amides is 4. The number of carbonyl (C=O) groups excluding carboxylic acids is 4. The molecule has 84 heavy (non-hydrogen) atoms. The number of hydrogen-bond acceptors (Lipinski definition) is 12. The van der Waals surface area contributed by atoms with E-state index < -0.39 is 46.4 Å². The molecule has 0 bridgehead atoms. The first-order valence-electron chi connectivity index (χ1n) is 27.0. The Balaban J connectivity index is 0.966. The van der Waals surface area contributed by atoms with E-state index in [4.69, 9.17) is 30.2 Å². The van der Waals surface area contributed by atoms with Crippen LogP contribution in [0.3, 0.4) is 0 Å². The molecule has 0 radical (unpaired) electrons. The maximum atomic E-state index is 15.5. The van der Waals surface area contributed by atoms with Crippen LogP contribution >= 0.6 is 23.1 Å². The molecule has 2 aliphatic rings. The van der Waals surface area contributed by atoms with E-state index in [1.54, 1.807) is 61.2 Å². The van der Waals surface area contributed by atoms with Gasteiger partial charge in [0.1, 0.15) is 46.4 Å². The third-order valence-corrected chi connectivity index (χ3v) is 16.5. The predicted octanol–water partition coefficient (Wildman–Crippen LogP) is 10.7. The molecule has 0 unspecified atom stereocenters. The molecule has 0 aliphatic carbocycles. The number of esters is 1. The number of allylic oxidation sites excluding steroid dienone is 2. The van der Waals surface area contributed by atoms with Crippen molar-refractivity contribution in [2.75, 3.05) is 23.5 Å². The van der Waals surface area contributed by atoms with E-state index in [0.29, 0.717) is 34.2 Å². The van der Waals surface area contributed by atoms with E-state index in [-0.39, 0.29) is 29.5 Å². The van der Waals surface area contributed by atoms with Crippen molar-refractivity contribution in [3.63, 3.8) is 0 Å². The molecular formula is C67H57N8O7S2+. The van der Waals surface area contributed by atoms with Gasteiger partial charge in [-0.2, -0.15) is 4.57 Å². The highest BCUT2D eigenvalue weighted by atomic mass is 32.2. The first-order chi connectivity index (χ1) is 41.1. The van der Waals surface area contributed by atoms with Gasteiger partial charge in [0.2, 0.25) is 5.60 Å². The van der Waals surface area contributed by atoms with Gasteiger partial charge in [0.05, 0.1) is 7.11 Å². The number of carbonyl (C=O) groups is 4. The third-order valence-electron chi connectivity index (χ3n) is 14.5. The number of primary amides is 1. The van der Waals surface area contributed by atoms with Gasteiger partial charge in [-0.25, -0.2) is 14.6 Å². The summed E-state index contributed by atoms with van der Waals surface area (Å²) in [7, 11) is 1.57. The number of nitrogens with one attached hydrogen (secondary N) is 3. The average Bonchev–Trinajstić information content (AvgIpc) is 1.33. The Hall–Kier alpha value is -10.1. The molecule has 1 fully saturated rings. The van der Waals surface area contributed by atoms with E-state index in [2.05, 4.69) is 52.3 Å². The SMILES string of the molecule is COc1ccc(COC(=O)C2=C(/C=C/C[n+]3cccc(NC(N)=O)c3)CS[C@H]3[C@H](NC(=O)C(=NOC(c4ccccc4)(c4ccccc4)c4ccccc4)c4csc(NC(c5ccccc5)(c5ccccc5)c5ccccc5)n4)C(=O)N23)cc1. The second-order valence-corrected chi connectivity index (χ2v) is 21.6. The fourth-order valence-electron chi connectivity index (χ4n) is 10.5. The third kappa shape index (κ3) is 11.7. The number of ether oxygens (including phenoxy) is 2. The van der Waals surface area contributed by atoms with Gasteiger partial charge in [-0.15, -0.1) is 23.1 Å². The predicted molar refractivity (Wildman–Crippen MR) is 326 cm³/mol. The van der Waals surface area contributed by atoms with Gasteiger partial charge in [0.25, 0.3) is 11.8 Å². The lowest BCUT2D eigenvalue weighted by Crippen LogP contribution is -2.71. The van der Waals surface area contributed by atoms with Crippen LogP contribution in [0, 0.1) is 0 Å².